The number of methoxy groups -OCH3 is 1. The normalized spacial score (nSPS) is 20.9. The number of carbonyl (C=O) groups is 1. The van der Waals surface area contributed by atoms with Crippen LogP contribution < -0.4 is 10.0 Å². The highest BCUT2D eigenvalue weighted by molar-refractivity contribution is 7.92. The summed E-state index contributed by atoms with van der Waals surface area (Å²) in [5.41, 5.74) is 5.89. The fourth-order valence-corrected chi connectivity index (χ4v) is 6.00. The van der Waals surface area contributed by atoms with Crippen LogP contribution in [-0.2, 0) is 19.5 Å². The smallest absolute Gasteiger partial charge is 0.337 e. The maximum absolute atomic E-state index is 13.2. The van der Waals surface area contributed by atoms with Crippen LogP contribution >= 0.6 is 0 Å². The molecule has 3 aromatic rings. The zero-order valence-corrected chi connectivity index (χ0v) is 20.7. The highest BCUT2D eigenvalue weighted by Crippen LogP contribution is 2.50. The van der Waals surface area contributed by atoms with Crippen molar-refractivity contribution in [3.8, 4) is 0 Å². The first kappa shape index (κ1) is 23.4. The monoisotopic (exact) mass is 492 g/mol. The molecule has 182 valence electrons. The standard InChI is InChI=1S/C27H28N2O5S/c1-16-4-9-20(14-17(16)2)29-35(31,32)21-10-11-24-23(15-21)26-22(12-13-34-26)25(28-24)18-5-7-19(8-6-18)27(30)33-3/h4-11,14-15,22,25-26,28-29H,12-13H2,1-3H3/t22?,25-,26-/m1/s1. The lowest BCUT2D eigenvalue weighted by Crippen LogP contribution is -2.29. The molecule has 1 fully saturated rings. The van der Waals surface area contributed by atoms with Crippen molar-refractivity contribution < 1.29 is 22.7 Å². The zero-order valence-electron chi connectivity index (χ0n) is 19.9. The summed E-state index contributed by atoms with van der Waals surface area (Å²) in [6.07, 6.45) is 0.631. The van der Waals surface area contributed by atoms with Crippen molar-refractivity contribution >= 4 is 27.4 Å². The van der Waals surface area contributed by atoms with Gasteiger partial charge in [0.05, 0.1) is 29.7 Å². The highest BCUT2D eigenvalue weighted by Gasteiger charge is 2.42. The molecule has 35 heavy (non-hydrogen) atoms. The van der Waals surface area contributed by atoms with E-state index in [9.17, 15) is 13.2 Å². The summed E-state index contributed by atoms with van der Waals surface area (Å²) >= 11 is 0. The average Bonchev–Trinajstić information content (AvgIpc) is 3.35. The second-order valence-electron chi connectivity index (χ2n) is 9.13. The fraction of sp³-hybridized carbons (Fsp3) is 0.296. The van der Waals surface area contributed by atoms with Crippen molar-refractivity contribution in [1.82, 2.24) is 0 Å². The van der Waals surface area contributed by atoms with Gasteiger partial charge in [-0.05, 0) is 79.4 Å². The van der Waals surface area contributed by atoms with E-state index in [2.05, 4.69) is 10.0 Å². The first-order valence-corrected chi connectivity index (χ1v) is 13.1. The summed E-state index contributed by atoms with van der Waals surface area (Å²) in [4.78, 5) is 12.0. The lowest BCUT2D eigenvalue weighted by Gasteiger charge is -2.36. The predicted octanol–water partition coefficient (Wildman–Crippen LogP) is 5.14. The van der Waals surface area contributed by atoms with E-state index in [1.165, 1.54) is 7.11 Å². The number of hydrogen-bond acceptors (Lipinski definition) is 6. The predicted molar refractivity (Wildman–Crippen MR) is 134 cm³/mol. The molecular formula is C27H28N2O5S. The minimum atomic E-state index is -3.76. The molecule has 0 spiro atoms. The Morgan fingerprint density at radius 3 is 2.51 bits per heavy atom. The molecule has 0 saturated carbocycles. The molecule has 0 bridgehead atoms. The van der Waals surface area contributed by atoms with E-state index in [0.29, 0.717) is 17.9 Å². The van der Waals surface area contributed by atoms with Crippen LogP contribution in [0.2, 0.25) is 0 Å². The minimum Gasteiger partial charge on any atom is -0.465 e. The van der Waals surface area contributed by atoms with Gasteiger partial charge in [0.15, 0.2) is 0 Å². The van der Waals surface area contributed by atoms with E-state index in [1.807, 2.05) is 38.1 Å². The first-order valence-electron chi connectivity index (χ1n) is 11.6. The van der Waals surface area contributed by atoms with Crippen LogP contribution in [0, 0.1) is 19.8 Å². The number of ether oxygens (including phenoxy) is 2. The molecule has 0 amide bonds. The van der Waals surface area contributed by atoms with Gasteiger partial charge in [0.2, 0.25) is 0 Å². The van der Waals surface area contributed by atoms with Crippen molar-refractivity contribution in [2.75, 3.05) is 23.8 Å². The Hall–Kier alpha value is -3.36. The van der Waals surface area contributed by atoms with Crippen LogP contribution in [0.5, 0.6) is 0 Å². The summed E-state index contributed by atoms with van der Waals surface area (Å²) in [7, 11) is -2.40. The van der Waals surface area contributed by atoms with Gasteiger partial charge in [-0.3, -0.25) is 4.72 Å². The van der Waals surface area contributed by atoms with Gasteiger partial charge < -0.3 is 14.8 Å². The molecule has 0 aromatic heterocycles. The number of anilines is 2. The van der Waals surface area contributed by atoms with Crippen LogP contribution in [0.4, 0.5) is 11.4 Å². The van der Waals surface area contributed by atoms with Gasteiger partial charge in [0, 0.05) is 29.5 Å². The van der Waals surface area contributed by atoms with E-state index in [1.54, 1.807) is 36.4 Å². The fourth-order valence-electron chi connectivity index (χ4n) is 4.91. The molecule has 2 aliphatic heterocycles. The van der Waals surface area contributed by atoms with Crippen LogP contribution in [0.1, 0.15) is 51.2 Å². The van der Waals surface area contributed by atoms with Crippen molar-refractivity contribution in [2.45, 2.75) is 37.3 Å². The van der Waals surface area contributed by atoms with Crippen molar-refractivity contribution in [2.24, 2.45) is 5.92 Å². The lowest BCUT2D eigenvalue weighted by atomic mass is 9.81. The van der Waals surface area contributed by atoms with Gasteiger partial charge in [-0.15, -0.1) is 0 Å². The van der Waals surface area contributed by atoms with E-state index in [4.69, 9.17) is 9.47 Å². The van der Waals surface area contributed by atoms with Gasteiger partial charge in [0.1, 0.15) is 0 Å². The number of fused-ring (bicyclic) bond motifs is 3. The third-order valence-electron chi connectivity index (χ3n) is 6.97. The second-order valence-corrected chi connectivity index (χ2v) is 10.8. The molecule has 5 rings (SSSR count). The summed E-state index contributed by atoms with van der Waals surface area (Å²) in [5, 5.41) is 3.58. The maximum atomic E-state index is 13.2. The third kappa shape index (κ3) is 4.39. The van der Waals surface area contributed by atoms with Crippen LogP contribution in [0.25, 0.3) is 0 Å². The first-order chi connectivity index (χ1) is 16.8. The van der Waals surface area contributed by atoms with Gasteiger partial charge in [-0.1, -0.05) is 18.2 Å². The molecular weight excluding hydrogens is 464 g/mol. The Balaban J connectivity index is 1.44. The second kappa shape index (κ2) is 9.02. The molecule has 1 saturated heterocycles. The molecule has 2 heterocycles. The molecule has 8 heteroatoms. The SMILES string of the molecule is COC(=O)c1ccc([C@H]2Nc3ccc(S(=O)(=O)Nc4ccc(C)c(C)c4)cc3[C@@H]3OCCC23)cc1. The number of nitrogens with one attached hydrogen (secondary N) is 2. The number of sulfonamides is 1. The minimum absolute atomic E-state index is 0.0159. The van der Waals surface area contributed by atoms with E-state index < -0.39 is 10.0 Å². The Labute approximate surface area is 205 Å². The topological polar surface area (TPSA) is 93.7 Å². The molecule has 3 atom stereocenters. The summed E-state index contributed by atoms with van der Waals surface area (Å²) < 4.78 is 39.9. The number of carbonyl (C=O) groups excluding carboxylic acids is 1. The number of rotatable bonds is 5. The van der Waals surface area contributed by atoms with Gasteiger partial charge >= 0.3 is 5.97 Å². The molecule has 3 aromatic carbocycles. The number of esters is 1. The largest absolute Gasteiger partial charge is 0.465 e. The molecule has 2 aliphatic rings. The number of aryl methyl sites for hydroxylation is 2. The van der Waals surface area contributed by atoms with Gasteiger partial charge in [0.25, 0.3) is 10.0 Å². The van der Waals surface area contributed by atoms with Crippen LogP contribution in [-0.4, -0.2) is 28.1 Å². The Bertz CT molecular complexity index is 1390. The molecule has 1 unspecified atom stereocenters. The van der Waals surface area contributed by atoms with Crippen LogP contribution in [0.3, 0.4) is 0 Å². The summed E-state index contributed by atoms with van der Waals surface area (Å²) in [6.45, 7) is 4.54. The molecule has 0 radical (unpaired) electrons. The average molecular weight is 493 g/mol. The summed E-state index contributed by atoms with van der Waals surface area (Å²) in [6, 6.07) is 18.0. The van der Waals surface area contributed by atoms with E-state index >= 15 is 0 Å². The zero-order chi connectivity index (χ0) is 24.7. The summed E-state index contributed by atoms with van der Waals surface area (Å²) in [5.74, 6) is -0.235. The van der Waals surface area contributed by atoms with Crippen molar-refractivity contribution in [1.29, 1.82) is 0 Å². The Morgan fingerprint density at radius 2 is 1.80 bits per heavy atom. The van der Waals surface area contributed by atoms with Gasteiger partial charge in [-0.25, -0.2) is 13.2 Å². The Kier molecular flexibility index (Phi) is 6.02. The van der Waals surface area contributed by atoms with E-state index in [0.717, 1.165) is 34.4 Å². The van der Waals surface area contributed by atoms with Crippen LogP contribution in [0.15, 0.2) is 65.6 Å². The quantitative estimate of drug-likeness (QED) is 0.480. The molecule has 7 nitrogen and oxygen atoms in total. The number of benzene rings is 3. The molecule has 2 N–H and O–H groups in total. The maximum Gasteiger partial charge on any atom is 0.337 e. The molecule has 0 aliphatic carbocycles. The lowest BCUT2D eigenvalue weighted by molar-refractivity contribution is 0.0600. The third-order valence-corrected chi connectivity index (χ3v) is 8.35. The van der Waals surface area contributed by atoms with Gasteiger partial charge in [-0.2, -0.15) is 0 Å². The van der Waals surface area contributed by atoms with Crippen molar-refractivity contribution in [3.63, 3.8) is 0 Å². The number of hydrogen-bond donors (Lipinski definition) is 2. The highest BCUT2D eigenvalue weighted by atomic mass is 32.2. The Morgan fingerprint density at radius 1 is 1.03 bits per heavy atom. The van der Waals surface area contributed by atoms with Crippen molar-refractivity contribution in [3.05, 3.63) is 88.5 Å². The van der Waals surface area contributed by atoms with E-state index in [-0.39, 0.29) is 28.9 Å².